The SMILES string of the molecule is Cc1csc(S)[n+]1Cc1ccccc1.Fc1c(F)c(F)c([B-](c2c(F)c(F)c(F)c(F)c2F)(c2c(F)c(F)c(F)c(F)c2F)c2c(F)c(F)c(F)c(F)c2F)c(F)c1F. The van der Waals surface area contributed by atoms with Gasteiger partial charge in [-0.3, -0.25) is 0 Å². The predicted molar refractivity (Wildman–Crippen MR) is 171 cm³/mol. The summed E-state index contributed by atoms with van der Waals surface area (Å²) >= 11 is 6.11. The number of nitrogens with zero attached hydrogens (tertiary/aromatic N) is 1. The van der Waals surface area contributed by atoms with E-state index in [1.165, 1.54) is 11.3 Å². The van der Waals surface area contributed by atoms with Crippen molar-refractivity contribution in [2.75, 3.05) is 0 Å². The molecule has 0 aliphatic carbocycles. The molecule has 6 rings (SSSR count). The summed E-state index contributed by atoms with van der Waals surface area (Å²) in [6.45, 7) is 3.02. The van der Waals surface area contributed by atoms with E-state index in [9.17, 15) is 52.7 Å². The van der Waals surface area contributed by atoms with E-state index < -0.39 is 144 Å². The molecule has 24 heteroatoms. The van der Waals surface area contributed by atoms with Crippen LogP contribution in [0, 0.1) is 123 Å². The quantitative estimate of drug-likeness (QED) is 0.0427. The molecular formula is C35H12BF20NS2. The first-order chi connectivity index (χ1) is 27.5. The molecule has 0 unspecified atom stereocenters. The Hall–Kier alpha value is -5.26. The maximum Gasteiger partial charge on any atom is 0.294 e. The Morgan fingerprint density at radius 2 is 0.644 bits per heavy atom. The molecule has 0 bridgehead atoms. The number of hydrogen-bond donors (Lipinski definition) is 1. The Morgan fingerprint density at radius 1 is 0.407 bits per heavy atom. The average molecular weight is 901 g/mol. The first-order valence-electron chi connectivity index (χ1n) is 15.4. The van der Waals surface area contributed by atoms with Gasteiger partial charge in [-0.15, -0.1) is 21.9 Å². The molecule has 0 aliphatic rings. The minimum atomic E-state index is -7.22. The van der Waals surface area contributed by atoms with Gasteiger partial charge >= 0.3 is 0 Å². The van der Waals surface area contributed by atoms with Gasteiger partial charge in [-0.25, -0.2) is 87.8 Å². The highest BCUT2D eigenvalue weighted by Crippen LogP contribution is 2.30. The molecular weight excluding hydrogens is 889 g/mol. The van der Waals surface area contributed by atoms with Crippen LogP contribution in [0.3, 0.4) is 0 Å². The first kappa shape index (κ1) is 44.8. The average Bonchev–Trinajstić information content (AvgIpc) is 3.53. The molecule has 59 heavy (non-hydrogen) atoms. The van der Waals surface area contributed by atoms with Crippen LogP contribution >= 0.6 is 24.0 Å². The van der Waals surface area contributed by atoms with Crippen LogP contribution in [-0.4, -0.2) is 6.15 Å². The molecule has 0 fully saturated rings. The van der Waals surface area contributed by atoms with Crippen LogP contribution in [0.5, 0.6) is 0 Å². The largest absolute Gasteiger partial charge is 0.294 e. The van der Waals surface area contributed by atoms with E-state index in [1.807, 2.05) is 6.07 Å². The Labute approximate surface area is 325 Å². The van der Waals surface area contributed by atoms with E-state index in [1.54, 1.807) is 11.3 Å². The molecule has 0 saturated heterocycles. The van der Waals surface area contributed by atoms with Crippen LogP contribution in [0.4, 0.5) is 87.8 Å². The predicted octanol–water partition coefficient (Wildman–Crippen LogP) is 8.53. The fourth-order valence-corrected chi connectivity index (χ4v) is 7.37. The van der Waals surface area contributed by atoms with Gasteiger partial charge in [0.05, 0.1) is 5.38 Å². The second kappa shape index (κ2) is 16.4. The van der Waals surface area contributed by atoms with E-state index in [0.717, 1.165) is 10.9 Å². The van der Waals surface area contributed by atoms with Crippen LogP contribution in [0.1, 0.15) is 11.3 Å². The van der Waals surface area contributed by atoms with Gasteiger partial charge in [-0.05, 0) is 0 Å². The minimum Gasteiger partial charge on any atom is -0.207 e. The molecule has 6 aromatic rings. The molecule has 0 aliphatic heterocycles. The summed E-state index contributed by atoms with van der Waals surface area (Å²) in [5.41, 5.74) is -11.7. The van der Waals surface area contributed by atoms with E-state index in [-0.39, 0.29) is 0 Å². The third kappa shape index (κ3) is 6.95. The molecule has 312 valence electrons. The number of hydrogen-bond acceptors (Lipinski definition) is 2. The zero-order valence-electron chi connectivity index (χ0n) is 28.1. The summed E-state index contributed by atoms with van der Waals surface area (Å²) in [6, 6.07) is 10.4. The second-order valence-corrected chi connectivity index (χ2v) is 13.6. The molecule has 0 spiro atoms. The number of benzene rings is 5. The van der Waals surface area contributed by atoms with E-state index in [0.29, 0.717) is 0 Å². The van der Waals surface area contributed by atoms with Gasteiger partial charge < -0.3 is 0 Å². The number of halogens is 20. The normalized spacial score (nSPS) is 11.6. The van der Waals surface area contributed by atoms with E-state index in [4.69, 9.17) is 0 Å². The van der Waals surface area contributed by atoms with Crippen molar-refractivity contribution < 1.29 is 92.4 Å². The molecule has 0 atom stereocenters. The summed E-state index contributed by atoms with van der Waals surface area (Å²) in [4.78, 5) is 0. The number of rotatable bonds is 6. The standard InChI is InChI=1S/C24BF20.C11H11NS2/c26-5-1(6(27)14(35)21(42)13(5)34)25(2-7(28)15(36)22(43)16(37)8(2)29,3-9(30)17(38)23(44)18(39)10(3)31)4-11(32)19(40)24(45)20(41)12(4)33;1-9-8-14-11(13)12(9)7-10-5-3-2-4-6-10/h;2-6,8H,7H2,1H3/q-1;/p+1. The first-order valence-corrected chi connectivity index (χ1v) is 16.7. The Morgan fingerprint density at radius 3 is 0.864 bits per heavy atom. The van der Waals surface area contributed by atoms with Gasteiger partial charge in [0.2, 0.25) is 0 Å². The monoisotopic (exact) mass is 901 g/mol. The van der Waals surface area contributed by atoms with Crippen molar-refractivity contribution in [3.8, 4) is 0 Å². The zero-order chi connectivity index (χ0) is 44.3. The summed E-state index contributed by atoms with van der Waals surface area (Å²) in [5.74, 6) is -71.4. The van der Waals surface area contributed by atoms with E-state index >= 15 is 35.1 Å². The molecule has 1 nitrogen and oxygen atoms in total. The summed E-state index contributed by atoms with van der Waals surface area (Å²) in [7, 11) is 0. The molecule has 5 aromatic carbocycles. The van der Waals surface area contributed by atoms with Gasteiger partial charge in [0.15, 0.2) is 82.0 Å². The van der Waals surface area contributed by atoms with Crippen molar-refractivity contribution in [2.45, 2.75) is 17.8 Å². The highest BCUT2D eigenvalue weighted by Gasteiger charge is 2.52. The smallest absolute Gasteiger partial charge is 0.207 e. The Kier molecular flexibility index (Phi) is 12.5. The summed E-state index contributed by atoms with van der Waals surface area (Å²) < 4.78 is 297. The lowest BCUT2D eigenvalue weighted by molar-refractivity contribution is -0.723. The minimum absolute atomic E-state index is 0.912. The van der Waals surface area contributed by atoms with Crippen molar-refractivity contribution in [3.63, 3.8) is 0 Å². The lowest BCUT2D eigenvalue weighted by atomic mass is 9.12. The molecule has 0 saturated carbocycles. The maximum absolute atomic E-state index is 15.4. The van der Waals surface area contributed by atoms with Gasteiger partial charge in [0.25, 0.3) is 4.34 Å². The Bertz CT molecular complexity index is 2270. The van der Waals surface area contributed by atoms with E-state index in [2.05, 4.69) is 53.8 Å². The number of thiazole rings is 1. The number of aromatic nitrogens is 1. The molecule has 0 amide bonds. The molecule has 0 N–H and O–H groups in total. The van der Waals surface area contributed by atoms with Crippen LogP contribution in [0.15, 0.2) is 40.1 Å². The van der Waals surface area contributed by atoms with Crippen molar-refractivity contribution in [1.29, 1.82) is 0 Å². The fraction of sp³-hybridized carbons (Fsp3) is 0.0571. The van der Waals surface area contributed by atoms with Gasteiger partial charge in [-0.1, -0.05) is 54.3 Å². The summed E-state index contributed by atoms with van der Waals surface area (Å²) in [6.07, 6.45) is -7.22. The third-order valence-electron chi connectivity index (χ3n) is 8.88. The van der Waals surface area contributed by atoms with Crippen molar-refractivity contribution in [3.05, 3.63) is 163 Å². The van der Waals surface area contributed by atoms with Gasteiger partial charge in [0.1, 0.15) is 52.7 Å². The summed E-state index contributed by atoms with van der Waals surface area (Å²) in [5, 5.41) is 2.13. The zero-order valence-corrected chi connectivity index (χ0v) is 29.8. The second-order valence-electron chi connectivity index (χ2n) is 12.0. The number of thiol groups is 1. The van der Waals surface area contributed by atoms with Crippen LogP contribution in [-0.2, 0) is 6.54 Å². The lowest BCUT2D eigenvalue weighted by Gasteiger charge is -2.44. The van der Waals surface area contributed by atoms with Crippen LogP contribution in [0.2, 0.25) is 0 Å². The van der Waals surface area contributed by atoms with Crippen LogP contribution < -0.4 is 26.4 Å². The van der Waals surface area contributed by atoms with Crippen molar-refractivity contribution in [1.82, 2.24) is 0 Å². The highest BCUT2D eigenvalue weighted by atomic mass is 32.2. The highest BCUT2D eigenvalue weighted by molar-refractivity contribution is 7.82. The molecule has 1 aromatic heterocycles. The third-order valence-corrected chi connectivity index (χ3v) is 10.3. The fourth-order valence-electron chi connectivity index (χ4n) is 6.25. The maximum atomic E-state index is 15.4. The van der Waals surface area contributed by atoms with Crippen molar-refractivity contribution >= 4 is 52.0 Å². The number of aryl methyl sites for hydroxylation is 1. The van der Waals surface area contributed by atoms with Gasteiger partial charge in [0, 0.05) is 12.5 Å². The molecule has 0 radical (unpaired) electrons. The molecule has 1 heterocycles. The van der Waals surface area contributed by atoms with Crippen molar-refractivity contribution in [2.24, 2.45) is 0 Å². The van der Waals surface area contributed by atoms with Gasteiger partial charge in [-0.2, -0.15) is 4.57 Å². The van der Waals surface area contributed by atoms with Crippen LogP contribution in [0.25, 0.3) is 0 Å². The topological polar surface area (TPSA) is 3.88 Å². The Balaban J connectivity index is 0.000000395. The lowest BCUT2D eigenvalue weighted by Crippen LogP contribution is -2.81.